The highest BCUT2D eigenvalue weighted by Gasteiger charge is 2.21. The van der Waals surface area contributed by atoms with Crippen molar-refractivity contribution in [2.75, 3.05) is 6.61 Å². The van der Waals surface area contributed by atoms with Gasteiger partial charge in [0.2, 0.25) is 5.89 Å². The molecule has 1 aliphatic rings. The van der Waals surface area contributed by atoms with Crippen molar-refractivity contribution in [1.82, 2.24) is 4.98 Å². The Hall–Kier alpha value is -2.59. The zero-order valence-corrected chi connectivity index (χ0v) is 17.3. The number of oxazole rings is 1. The summed E-state index contributed by atoms with van der Waals surface area (Å²) < 4.78 is 12.0. The highest BCUT2D eigenvalue weighted by Crippen LogP contribution is 2.37. The number of aliphatic hydroxyl groups excluding tert-OH is 1. The van der Waals surface area contributed by atoms with Gasteiger partial charge in [0, 0.05) is 18.4 Å². The third-order valence-corrected chi connectivity index (χ3v) is 5.90. The average molecular weight is 392 g/mol. The van der Waals surface area contributed by atoms with Gasteiger partial charge in [0.25, 0.3) is 0 Å². The lowest BCUT2D eigenvalue weighted by Gasteiger charge is -2.10. The van der Waals surface area contributed by atoms with Crippen molar-refractivity contribution in [2.24, 2.45) is 0 Å². The van der Waals surface area contributed by atoms with Gasteiger partial charge in [-0.2, -0.15) is 0 Å². The van der Waals surface area contributed by atoms with Gasteiger partial charge >= 0.3 is 0 Å². The first-order valence-corrected chi connectivity index (χ1v) is 10.7. The van der Waals surface area contributed by atoms with E-state index in [1.807, 2.05) is 24.3 Å². The molecule has 29 heavy (non-hydrogen) atoms. The van der Waals surface area contributed by atoms with Crippen LogP contribution in [0.4, 0.5) is 0 Å². The van der Waals surface area contributed by atoms with Gasteiger partial charge in [-0.25, -0.2) is 4.98 Å². The van der Waals surface area contributed by atoms with E-state index in [4.69, 9.17) is 14.1 Å². The smallest absolute Gasteiger partial charge is 0.226 e. The van der Waals surface area contributed by atoms with Crippen LogP contribution >= 0.6 is 0 Å². The molecular formula is C25H29NO3. The first-order valence-electron chi connectivity index (χ1n) is 10.7. The number of hydrogen-bond acceptors (Lipinski definition) is 4. The monoisotopic (exact) mass is 391 g/mol. The van der Waals surface area contributed by atoms with Crippen molar-refractivity contribution in [2.45, 2.75) is 58.5 Å². The van der Waals surface area contributed by atoms with Crippen LogP contribution in [0.15, 0.2) is 46.9 Å². The van der Waals surface area contributed by atoms with Crippen LogP contribution in [0.25, 0.3) is 11.5 Å². The molecule has 1 unspecified atom stereocenters. The molecule has 2 aromatic carbocycles. The first-order chi connectivity index (χ1) is 14.2. The molecule has 4 nitrogen and oxygen atoms in total. The van der Waals surface area contributed by atoms with E-state index in [0.717, 1.165) is 47.6 Å². The van der Waals surface area contributed by atoms with E-state index < -0.39 is 0 Å². The minimum atomic E-state index is 0.0382. The number of aryl methyl sites for hydroxylation is 2. The van der Waals surface area contributed by atoms with Gasteiger partial charge in [-0.1, -0.05) is 32.0 Å². The van der Waals surface area contributed by atoms with Crippen molar-refractivity contribution in [3.8, 4) is 17.2 Å². The van der Waals surface area contributed by atoms with Crippen LogP contribution < -0.4 is 4.74 Å². The maximum Gasteiger partial charge on any atom is 0.226 e. The van der Waals surface area contributed by atoms with E-state index in [2.05, 4.69) is 32.0 Å². The summed E-state index contributed by atoms with van der Waals surface area (Å²) >= 11 is 0. The zero-order chi connectivity index (χ0) is 20.2. The quantitative estimate of drug-likeness (QED) is 0.554. The molecule has 0 saturated heterocycles. The van der Waals surface area contributed by atoms with Gasteiger partial charge in [0.05, 0.1) is 18.9 Å². The fourth-order valence-electron chi connectivity index (χ4n) is 4.19. The minimum Gasteiger partial charge on any atom is -0.493 e. The van der Waals surface area contributed by atoms with Gasteiger partial charge in [-0.3, -0.25) is 0 Å². The maximum atomic E-state index is 9.20. The topological polar surface area (TPSA) is 55.5 Å². The SMILES string of the molecule is CCc1oc(-c2ccc(CO)cc2)nc1CCOc1ccc2c(c1)CCC2CC. The average Bonchev–Trinajstić information content (AvgIpc) is 3.37. The number of nitrogens with zero attached hydrogens (tertiary/aromatic N) is 1. The number of fused-ring (bicyclic) bond motifs is 1. The van der Waals surface area contributed by atoms with Crippen LogP contribution in [0.3, 0.4) is 0 Å². The molecule has 0 saturated carbocycles. The van der Waals surface area contributed by atoms with Crippen molar-refractivity contribution in [3.63, 3.8) is 0 Å². The summed E-state index contributed by atoms with van der Waals surface area (Å²) in [4.78, 5) is 4.71. The lowest BCUT2D eigenvalue weighted by atomic mass is 9.99. The summed E-state index contributed by atoms with van der Waals surface area (Å²) in [5.41, 5.74) is 5.71. The summed E-state index contributed by atoms with van der Waals surface area (Å²) in [7, 11) is 0. The molecule has 0 amide bonds. The number of rotatable bonds is 8. The Kier molecular flexibility index (Phi) is 6.00. The molecular weight excluding hydrogens is 362 g/mol. The Labute approximate surface area is 172 Å². The highest BCUT2D eigenvalue weighted by atomic mass is 16.5. The molecule has 3 aromatic rings. The van der Waals surface area contributed by atoms with Crippen molar-refractivity contribution < 1.29 is 14.3 Å². The maximum absolute atomic E-state index is 9.20. The molecule has 4 heteroatoms. The molecule has 1 N–H and O–H groups in total. The highest BCUT2D eigenvalue weighted by molar-refractivity contribution is 5.54. The number of aliphatic hydroxyl groups is 1. The van der Waals surface area contributed by atoms with Gasteiger partial charge in [0.1, 0.15) is 11.5 Å². The number of hydrogen-bond donors (Lipinski definition) is 1. The Morgan fingerprint density at radius 2 is 1.97 bits per heavy atom. The van der Waals surface area contributed by atoms with E-state index in [-0.39, 0.29) is 6.61 Å². The van der Waals surface area contributed by atoms with E-state index in [0.29, 0.717) is 18.4 Å². The second-order valence-corrected chi connectivity index (χ2v) is 7.70. The first kappa shape index (κ1) is 19.7. The molecule has 1 heterocycles. The normalized spacial score (nSPS) is 15.5. The number of benzene rings is 2. The molecule has 0 aliphatic heterocycles. The summed E-state index contributed by atoms with van der Waals surface area (Å²) in [6, 6.07) is 14.2. The summed E-state index contributed by atoms with van der Waals surface area (Å²) in [5, 5.41) is 9.20. The van der Waals surface area contributed by atoms with Crippen LogP contribution in [0.2, 0.25) is 0 Å². The minimum absolute atomic E-state index is 0.0382. The number of aromatic nitrogens is 1. The molecule has 0 spiro atoms. The molecule has 0 fully saturated rings. The lowest BCUT2D eigenvalue weighted by Crippen LogP contribution is -2.04. The van der Waals surface area contributed by atoms with Crippen LogP contribution in [0.1, 0.15) is 60.8 Å². The fraction of sp³-hybridized carbons (Fsp3) is 0.400. The summed E-state index contributed by atoms with van der Waals surface area (Å²) in [6.45, 7) is 4.96. The van der Waals surface area contributed by atoms with E-state index in [9.17, 15) is 5.11 Å². The van der Waals surface area contributed by atoms with Crippen molar-refractivity contribution in [1.29, 1.82) is 0 Å². The third kappa shape index (κ3) is 4.23. The van der Waals surface area contributed by atoms with E-state index in [1.165, 1.54) is 24.0 Å². The van der Waals surface area contributed by atoms with Crippen LogP contribution in [0, 0.1) is 0 Å². The molecule has 152 valence electrons. The van der Waals surface area contributed by atoms with Crippen LogP contribution in [-0.4, -0.2) is 16.7 Å². The zero-order valence-electron chi connectivity index (χ0n) is 17.3. The molecule has 0 bridgehead atoms. The van der Waals surface area contributed by atoms with Crippen LogP contribution in [-0.2, 0) is 25.9 Å². The largest absolute Gasteiger partial charge is 0.493 e. The molecule has 4 rings (SSSR count). The van der Waals surface area contributed by atoms with Gasteiger partial charge in [0.15, 0.2) is 0 Å². The third-order valence-electron chi connectivity index (χ3n) is 5.90. The predicted molar refractivity (Wildman–Crippen MR) is 114 cm³/mol. The van der Waals surface area contributed by atoms with Gasteiger partial charge in [-0.15, -0.1) is 0 Å². The summed E-state index contributed by atoms with van der Waals surface area (Å²) in [6.07, 6.45) is 5.15. The summed E-state index contributed by atoms with van der Waals surface area (Å²) in [5.74, 6) is 3.20. The van der Waals surface area contributed by atoms with Crippen molar-refractivity contribution in [3.05, 3.63) is 70.6 Å². The second kappa shape index (κ2) is 8.83. The lowest BCUT2D eigenvalue weighted by molar-refractivity contribution is 0.282. The standard InChI is InChI=1S/C25H29NO3/c1-3-18-9-10-20-15-21(11-12-22(18)20)28-14-13-23-24(4-2)29-25(26-23)19-7-5-17(16-27)6-8-19/h5-8,11-12,15,18,27H,3-4,9-10,13-14,16H2,1-2H3. The van der Waals surface area contributed by atoms with Gasteiger partial charge in [-0.05, 0) is 66.1 Å². The molecule has 1 aromatic heterocycles. The fourth-order valence-corrected chi connectivity index (χ4v) is 4.19. The Balaban J connectivity index is 1.41. The van der Waals surface area contributed by atoms with Gasteiger partial charge < -0.3 is 14.3 Å². The van der Waals surface area contributed by atoms with Crippen molar-refractivity contribution >= 4 is 0 Å². The second-order valence-electron chi connectivity index (χ2n) is 7.70. The molecule has 0 radical (unpaired) electrons. The van der Waals surface area contributed by atoms with E-state index >= 15 is 0 Å². The predicted octanol–water partition coefficient (Wildman–Crippen LogP) is 5.46. The Morgan fingerprint density at radius 3 is 2.69 bits per heavy atom. The molecule has 1 atom stereocenters. The van der Waals surface area contributed by atoms with E-state index in [1.54, 1.807) is 0 Å². The molecule has 1 aliphatic carbocycles. The Morgan fingerprint density at radius 1 is 1.14 bits per heavy atom. The number of ether oxygens (including phenoxy) is 1. The Bertz CT molecular complexity index is 959. The van der Waals surface area contributed by atoms with Crippen LogP contribution in [0.5, 0.6) is 5.75 Å².